The Hall–Kier alpha value is -1.20. The van der Waals surface area contributed by atoms with Crippen LogP contribution in [0.5, 0.6) is 0 Å². The fourth-order valence-corrected chi connectivity index (χ4v) is 2.71. The summed E-state index contributed by atoms with van der Waals surface area (Å²) in [7, 11) is 0. The second-order valence-electron chi connectivity index (χ2n) is 5.82. The van der Waals surface area contributed by atoms with Gasteiger partial charge in [-0.05, 0) is 19.4 Å². The fourth-order valence-electron chi connectivity index (χ4n) is 2.71. The molecule has 4 heteroatoms. The zero-order valence-corrected chi connectivity index (χ0v) is 12.5. The average Bonchev–Trinajstić information content (AvgIpc) is 2.95. The first-order valence-electron chi connectivity index (χ1n) is 7.41. The molecule has 3 unspecified atom stereocenters. The van der Waals surface area contributed by atoms with Crippen molar-refractivity contribution in [1.29, 1.82) is 0 Å². The van der Waals surface area contributed by atoms with E-state index in [0.29, 0.717) is 19.8 Å². The molecule has 0 amide bonds. The molecule has 1 fully saturated rings. The van der Waals surface area contributed by atoms with Crippen molar-refractivity contribution in [3.63, 3.8) is 0 Å². The van der Waals surface area contributed by atoms with Crippen molar-refractivity contribution in [2.24, 2.45) is 0 Å². The van der Waals surface area contributed by atoms with Gasteiger partial charge in [-0.2, -0.15) is 0 Å². The van der Waals surface area contributed by atoms with Crippen LogP contribution in [0.3, 0.4) is 0 Å². The molecule has 21 heavy (non-hydrogen) atoms. The minimum atomic E-state index is -0.522. The lowest BCUT2D eigenvalue weighted by Crippen LogP contribution is -2.32. The first-order valence-corrected chi connectivity index (χ1v) is 7.41. The predicted molar refractivity (Wildman–Crippen MR) is 78.8 cm³/mol. The van der Waals surface area contributed by atoms with Crippen molar-refractivity contribution in [3.05, 3.63) is 48.0 Å². The SMILES string of the molecule is CC1(C)OC2C=CC(OCCOCc3ccccc3)C2O1. The van der Waals surface area contributed by atoms with Gasteiger partial charge >= 0.3 is 0 Å². The van der Waals surface area contributed by atoms with Gasteiger partial charge in [-0.15, -0.1) is 0 Å². The summed E-state index contributed by atoms with van der Waals surface area (Å²) < 4.78 is 23.1. The lowest BCUT2D eigenvalue weighted by molar-refractivity contribution is -0.156. The molecule has 0 aromatic heterocycles. The molecular weight excluding hydrogens is 268 g/mol. The van der Waals surface area contributed by atoms with Gasteiger partial charge in [0.05, 0.1) is 19.8 Å². The molecule has 3 atom stereocenters. The highest BCUT2D eigenvalue weighted by molar-refractivity contribution is 5.14. The largest absolute Gasteiger partial charge is 0.374 e. The third-order valence-electron chi connectivity index (χ3n) is 3.63. The van der Waals surface area contributed by atoms with Crippen LogP contribution in [0.2, 0.25) is 0 Å². The quantitative estimate of drug-likeness (QED) is 0.596. The van der Waals surface area contributed by atoms with Gasteiger partial charge in [-0.1, -0.05) is 42.5 Å². The highest BCUT2D eigenvalue weighted by atomic mass is 16.8. The van der Waals surface area contributed by atoms with E-state index >= 15 is 0 Å². The summed E-state index contributed by atoms with van der Waals surface area (Å²) in [5.41, 5.74) is 1.17. The van der Waals surface area contributed by atoms with E-state index in [-0.39, 0.29) is 18.3 Å². The number of ether oxygens (including phenoxy) is 4. The van der Waals surface area contributed by atoms with Gasteiger partial charge in [0.1, 0.15) is 18.3 Å². The monoisotopic (exact) mass is 290 g/mol. The highest BCUT2D eigenvalue weighted by Crippen LogP contribution is 2.35. The Morgan fingerprint density at radius 1 is 1.05 bits per heavy atom. The summed E-state index contributed by atoms with van der Waals surface area (Å²) in [6.07, 6.45) is 3.97. The lowest BCUT2D eigenvalue weighted by atomic mass is 10.2. The molecule has 1 saturated heterocycles. The summed E-state index contributed by atoms with van der Waals surface area (Å²) in [4.78, 5) is 0. The average molecular weight is 290 g/mol. The third kappa shape index (κ3) is 3.71. The van der Waals surface area contributed by atoms with Crippen molar-refractivity contribution >= 4 is 0 Å². The lowest BCUT2D eigenvalue weighted by Gasteiger charge is -2.21. The van der Waals surface area contributed by atoms with Crippen LogP contribution in [0.15, 0.2) is 42.5 Å². The molecule has 1 aromatic carbocycles. The van der Waals surface area contributed by atoms with Gasteiger partial charge in [0.15, 0.2) is 5.79 Å². The van der Waals surface area contributed by atoms with Crippen LogP contribution < -0.4 is 0 Å². The maximum atomic E-state index is 5.86. The minimum Gasteiger partial charge on any atom is -0.374 e. The molecule has 3 rings (SSSR count). The molecule has 1 aliphatic heterocycles. The van der Waals surface area contributed by atoms with E-state index in [0.717, 1.165) is 0 Å². The number of rotatable bonds is 6. The number of benzene rings is 1. The molecule has 2 aliphatic rings. The summed E-state index contributed by atoms with van der Waals surface area (Å²) in [6.45, 7) is 5.59. The van der Waals surface area contributed by atoms with Crippen LogP contribution in [0.4, 0.5) is 0 Å². The Balaban J connectivity index is 1.36. The number of hydrogen-bond acceptors (Lipinski definition) is 4. The smallest absolute Gasteiger partial charge is 0.164 e. The van der Waals surface area contributed by atoms with E-state index in [1.807, 2.05) is 44.2 Å². The van der Waals surface area contributed by atoms with Crippen LogP contribution in [0, 0.1) is 0 Å². The summed E-state index contributed by atoms with van der Waals surface area (Å²) >= 11 is 0. The predicted octanol–water partition coefficient (Wildman–Crippen LogP) is 2.68. The summed E-state index contributed by atoms with van der Waals surface area (Å²) in [6, 6.07) is 10.1. The van der Waals surface area contributed by atoms with Crippen LogP contribution in [-0.2, 0) is 25.6 Å². The van der Waals surface area contributed by atoms with Crippen LogP contribution in [0.25, 0.3) is 0 Å². The third-order valence-corrected chi connectivity index (χ3v) is 3.63. The molecule has 4 nitrogen and oxygen atoms in total. The Kier molecular flexibility index (Phi) is 4.40. The van der Waals surface area contributed by atoms with E-state index in [2.05, 4.69) is 12.1 Å². The van der Waals surface area contributed by atoms with E-state index in [4.69, 9.17) is 18.9 Å². The zero-order valence-electron chi connectivity index (χ0n) is 12.5. The molecule has 0 N–H and O–H groups in total. The molecule has 0 bridgehead atoms. The van der Waals surface area contributed by atoms with Crippen molar-refractivity contribution in [1.82, 2.24) is 0 Å². The van der Waals surface area contributed by atoms with Crippen LogP contribution >= 0.6 is 0 Å². The van der Waals surface area contributed by atoms with Gasteiger partial charge in [0, 0.05) is 0 Å². The van der Waals surface area contributed by atoms with Crippen LogP contribution in [0.1, 0.15) is 19.4 Å². The normalized spacial score (nSPS) is 29.7. The summed E-state index contributed by atoms with van der Waals surface area (Å²) in [5, 5.41) is 0. The standard InChI is InChI=1S/C17H22O4/c1-17(2)20-15-9-8-14(16(15)21-17)19-11-10-18-12-13-6-4-3-5-7-13/h3-9,14-16H,10-12H2,1-2H3. The second kappa shape index (κ2) is 6.28. The molecular formula is C17H22O4. The van der Waals surface area contributed by atoms with Crippen molar-refractivity contribution in [2.75, 3.05) is 13.2 Å². The van der Waals surface area contributed by atoms with Crippen molar-refractivity contribution in [3.8, 4) is 0 Å². The fraction of sp³-hybridized carbons (Fsp3) is 0.529. The Morgan fingerprint density at radius 2 is 1.86 bits per heavy atom. The topological polar surface area (TPSA) is 36.9 Å². The molecule has 0 spiro atoms. The van der Waals surface area contributed by atoms with Crippen molar-refractivity contribution in [2.45, 2.75) is 44.6 Å². The second-order valence-corrected chi connectivity index (χ2v) is 5.82. The van der Waals surface area contributed by atoms with Gasteiger partial charge in [-0.25, -0.2) is 0 Å². The van der Waals surface area contributed by atoms with Gasteiger partial charge < -0.3 is 18.9 Å². The number of hydrogen-bond donors (Lipinski definition) is 0. The van der Waals surface area contributed by atoms with E-state index in [9.17, 15) is 0 Å². The van der Waals surface area contributed by atoms with E-state index in [1.54, 1.807) is 0 Å². The van der Waals surface area contributed by atoms with Crippen LogP contribution in [-0.4, -0.2) is 37.3 Å². The molecule has 114 valence electrons. The first kappa shape index (κ1) is 14.7. The van der Waals surface area contributed by atoms with Gasteiger partial charge in [0.2, 0.25) is 0 Å². The van der Waals surface area contributed by atoms with Gasteiger partial charge in [0.25, 0.3) is 0 Å². The first-order chi connectivity index (χ1) is 10.1. The molecule has 1 aliphatic carbocycles. The Morgan fingerprint density at radius 3 is 2.67 bits per heavy atom. The minimum absolute atomic E-state index is 0.00948. The van der Waals surface area contributed by atoms with Crippen molar-refractivity contribution < 1.29 is 18.9 Å². The van der Waals surface area contributed by atoms with Gasteiger partial charge in [-0.3, -0.25) is 0 Å². The highest BCUT2D eigenvalue weighted by Gasteiger charge is 2.46. The Bertz CT molecular complexity index is 483. The van der Waals surface area contributed by atoms with E-state index in [1.165, 1.54) is 5.56 Å². The summed E-state index contributed by atoms with van der Waals surface area (Å²) in [5.74, 6) is -0.522. The number of fused-ring (bicyclic) bond motifs is 1. The molecule has 0 saturated carbocycles. The molecule has 0 radical (unpaired) electrons. The maximum Gasteiger partial charge on any atom is 0.164 e. The molecule has 1 heterocycles. The molecule has 1 aromatic rings. The maximum absolute atomic E-state index is 5.86. The Labute approximate surface area is 125 Å². The van der Waals surface area contributed by atoms with E-state index < -0.39 is 5.79 Å². The zero-order chi connectivity index (χ0) is 14.7.